The standard InChI is InChI=1S/C11H18N4O/c1-16-9-10(12)14-7-15-11(9)13-6-5-8-3-2-4-8/h7-8H,2-6H2,1H3,(H3,12,13,14,15). The van der Waals surface area contributed by atoms with Gasteiger partial charge in [0, 0.05) is 6.54 Å². The number of methoxy groups -OCH3 is 1. The van der Waals surface area contributed by atoms with Gasteiger partial charge in [-0.15, -0.1) is 0 Å². The van der Waals surface area contributed by atoms with Gasteiger partial charge < -0.3 is 15.8 Å². The van der Waals surface area contributed by atoms with Gasteiger partial charge in [0.25, 0.3) is 0 Å². The number of rotatable bonds is 5. The maximum atomic E-state index is 5.68. The Labute approximate surface area is 95.4 Å². The fraction of sp³-hybridized carbons (Fsp3) is 0.636. The predicted octanol–water partition coefficient (Wildman–Crippen LogP) is 1.67. The predicted molar refractivity (Wildman–Crippen MR) is 63.4 cm³/mol. The van der Waals surface area contributed by atoms with E-state index in [9.17, 15) is 0 Å². The molecule has 3 N–H and O–H groups in total. The van der Waals surface area contributed by atoms with Gasteiger partial charge in [0.1, 0.15) is 6.33 Å². The van der Waals surface area contributed by atoms with Crippen molar-refractivity contribution in [2.45, 2.75) is 25.7 Å². The highest BCUT2D eigenvalue weighted by Crippen LogP contribution is 2.30. The molecule has 5 nitrogen and oxygen atoms in total. The molecule has 0 aliphatic heterocycles. The number of hydrogen-bond acceptors (Lipinski definition) is 5. The summed E-state index contributed by atoms with van der Waals surface area (Å²) in [4.78, 5) is 8.01. The minimum Gasteiger partial charge on any atom is -0.490 e. The number of aromatic nitrogens is 2. The van der Waals surface area contributed by atoms with Crippen LogP contribution < -0.4 is 15.8 Å². The van der Waals surface area contributed by atoms with Crippen molar-refractivity contribution < 1.29 is 4.74 Å². The molecule has 1 aromatic rings. The molecule has 0 spiro atoms. The minimum atomic E-state index is 0.378. The molecular weight excluding hydrogens is 204 g/mol. The lowest BCUT2D eigenvalue weighted by atomic mass is 9.83. The van der Waals surface area contributed by atoms with Crippen molar-refractivity contribution in [2.24, 2.45) is 5.92 Å². The van der Waals surface area contributed by atoms with Crippen molar-refractivity contribution in [2.75, 3.05) is 24.7 Å². The number of anilines is 2. The van der Waals surface area contributed by atoms with Gasteiger partial charge >= 0.3 is 0 Å². The summed E-state index contributed by atoms with van der Waals surface area (Å²) in [6, 6.07) is 0. The van der Waals surface area contributed by atoms with E-state index in [4.69, 9.17) is 10.5 Å². The molecule has 1 aliphatic rings. The van der Waals surface area contributed by atoms with E-state index >= 15 is 0 Å². The molecule has 1 saturated carbocycles. The van der Waals surface area contributed by atoms with E-state index in [1.165, 1.54) is 32.0 Å². The molecule has 0 aromatic carbocycles. The first kappa shape index (κ1) is 11.0. The van der Waals surface area contributed by atoms with Crippen LogP contribution in [-0.4, -0.2) is 23.6 Å². The van der Waals surface area contributed by atoms with Crippen LogP contribution in [0.2, 0.25) is 0 Å². The molecule has 1 heterocycles. The largest absolute Gasteiger partial charge is 0.490 e. The molecule has 0 atom stereocenters. The molecule has 0 saturated heterocycles. The van der Waals surface area contributed by atoms with Crippen molar-refractivity contribution in [1.82, 2.24) is 9.97 Å². The quantitative estimate of drug-likeness (QED) is 0.792. The highest BCUT2D eigenvalue weighted by molar-refractivity contribution is 5.61. The average Bonchev–Trinajstić information content (AvgIpc) is 2.22. The smallest absolute Gasteiger partial charge is 0.203 e. The summed E-state index contributed by atoms with van der Waals surface area (Å²) in [7, 11) is 1.58. The molecule has 1 aliphatic carbocycles. The summed E-state index contributed by atoms with van der Waals surface area (Å²) in [6.45, 7) is 0.914. The molecule has 2 rings (SSSR count). The van der Waals surface area contributed by atoms with Crippen molar-refractivity contribution in [1.29, 1.82) is 0 Å². The fourth-order valence-electron chi connectivity index (χ4n) is 1.89. The zero-order chi connectivity index (χ0) is 11.4. The third-order valence-corrected chi connectivity index (χ3v) is 3.11. The van der Waals surface area contributed by atoms with Crippen LogP contribution in [0.4, 0.5) is 11.6 Å². The second-order valence-corrected chi connectivity index (χ2v) is 4.15. The lowest BCUT2D eigenvalue weighted by Crippen LogP contribution is -2.16. The summed E-state index contributed by atoms with van der Waals surface area (Å²) in [5, 5.41) is 3.25. The number of nitrogens with zero attached hydrogens (tertiary/aromatic N) is 2. The van der Waals surface area contributed by atoms with E-state index in [-0.39, 0.29) is 0 Å². The van der Waals surface area contributed by atoms with Crippen LogP contribution in [-0.2, 0) is 0 Å². The van der Waals surface area contributed by atoms with Gasteiger partial charge in [0.2, 0.25) is 5.75 Å². The monoisotopic (exact) mass is 222 g/mol. The van der Waals surface area contributed by atoms with Crippen LogP contribution in [0.1, 0.15) is 25.7 Å². The summed E-state index contributed by atoms with van der Waals surface area (Å²) in [5.41, 5.74) is 5.68. The van der Waals surface area contributed by atoms with Gasteiger partial charge in [-0.2, -0.15) is 0 Å². The van der Waals surface area contributed by atoms with Crippen molar-refractivity contribution in [3.8, 4) is 5.75 Å². The second kappa shape index (κ2) is 5.01. The Morgan fingerprint density at radius 2 is 2.31 bits per heavy atom. The van der Waals surface area contributed by atoms with Crippen molar-refractivity contribution in [3.63, 3.8) is 0 Å². The third kappa shape index (κ3) is 2.35. The Kier molecular flexibility index (Phi) is 3.44. The van der Waals surface area contributed by atoms with Crippen LogP contribution in [0, 0.1) is 5.92 Å². The van der Waals surface area contributed by atoms with E-state index in [0.717, 1.165) is 12.5 Å². The van der Waals surface area contributed by atoms with Crippen LogP contribution in [0.3, 0.4) is 0 Å². The maximum absolute atomic E-state index is 5.68. The van der Waals surface area contributed by atoms with Crippen molar-refractivity contribution in [3.05, 3.63) is 6.33 Å². The van der Waals surface area contributed by atoms with Gasteiger partial charge in [-0.3, -0.25) is 0 Å². The van der Waals surface area contributed by atoms with E-state index in [0.29, 0.717) is 17.4 Å². The number of hydrogen-bond donors (Lipinski definition) is 2. The molecule has 0 bridgehead atoms. The molecule has 1 fully saturated rings. The normalized spacial score (nSPS) is 15.6. The summed E-state index contributed by atoms with van der Waals surface area (Å²) < 4.78 is 5.16. The van der Waals surface area contributed by atoms with Crippen LogP contribution >= 0.6 is 0 Å². The van der Waals surface area contributed by atoms with Crippen LogP contribution in [0.5, 0.6) is 5.75 Å². The lowest BCUT2D eigenvalue weighted by Gasteiger charge is -2.25. The number of nitrogen functional groups attached to an aromatic ring is 1. The lowest BCUT2D eigenvalue weighted by molar-refractivity contribution is 0.302. The van der Waals surface area contributed by atoms with Crippen molar-refractivity contribution >= 4 is 11.6 Å². The fourth-order valence-corrected chi connectivity index (χ4v) is 1.89. The Morgan fingerprint density at radius 1 is 1.50 bits per heavy atom. The molecule has 0 unspecified atom stereocenters. The Morgan fingerprint density at radius 3 is 2.94 bits per heavy atom. The van der Waals surface area contributed by atoms with Gasteiger partial charge in [0.05, 0.1) is 7.11 Å². The first-order valence-electron chi connectivity index (χ1n) is 5.69. The Bertz CT molecular complexity index is 352. The van der Waals surface area contributed by atoms with Gasteiger partial charge in [-0.1, -0.05) is 19.3 Å². The Hall–Kier alpha value is -1.52. The topological polar surface area (TPSA) is 73.1 Å². The molecular formula is C11H18N4O. The minimum absolute atomic E-state index is 0.378. The molecule has 16 heavy (non-hydrogen) atoms. The van der Waals surface area contributed by atoms with E-state index in [2.05, 4.69) is 15.3 Å². The zero-order valence-corrected chi connectivity index (χ0v) is 9.57. The molecule has 5 heteroatoms. The molecule has 0 radical (unpaired) electrons. The number of nitrogens with one attached hydrogen (secondary N) is 1. The molecule has 0 amide bonds. The van der Waals surface area contributed by atoms with E-state index in [1.54, 1.807) is 7.11 Å². The maximum Gasteiger partial charge on any atom is 0.203 e. The number of nitrogens with two attached hydrogens (primary N) is 1. The summed E-state index contributed by atoms with van der Waals surface area (Å²) >= 11 is 0. The SMILES string of the molecule is COc1c(N)ncnc1NCCC1CCC1. The highest BCUT2D eigenvalue weighted by Gasteiger charge is 2.17. The van der Waals surface area contributed by atoms with E-state index < -0.39 is 0 Å². The summed E-state index contributed by atoms with van der Waals surface area (Å²) in [6.07, 6.45) is 6.75. The first-order valence-corrected chi connectivity index (χ1v) is 5.69. The molecule has 88 valence electrons. The van der Waals surface area contributed by atoms with Crippen LogP contribution in [0.25, 0.3) is 0 Å². The third-order valence-electron chi connectivity index (χ3n) is 3.11. The van der Waals surface area contributed by atoms with Gasteiger partial charge in [0.15, 0.2) is 11.6 Å². The molecule has 1 aromatic heterocycles. The van der Waals surface area contributed by atoms with Gasteiger partial charge in [-0.05, 0) is 12.3 Å². The summed E-state index contributed by atoms with van der Waals surface area (Å²) in [5.74, 6) is 2.49. The zero-order valence-electron chi connectivity index (χ0n) is 9.57. The van der Waals surface area contributed by atoms with E-state index in [1.807, 2.05) is 0 Å². The average molecular weight is 222 g/mol. The second-order valence-electron chi connectivity index (χ2n) is 4.15. The highest BCUT2D eigenvalue weighted by atomic mass is 16.5. The Balaban J connectivity index is 1.89. The van der Waals surface area contributed by atoms with Crippen LogP contribution in [0.15, 0.2) is 6.33 Å². The first-order chi connectivity index (χ1) is 7.81. The number of ether oxygens (including phenoxy) is 1. The van der Waals surface area contributed by atoms with Gasteiger partial charge in [-0.25, -0.2) is 9.97 Å².